The zero-order valence-corrected chi connectivity index (χ0v) is 26.7. The Kier molecular flexibility index (Phi) is 7.96. The minimum absolute atomic E-state index is 0.0507. The number of anilines is 2. The Morgan fingerprint density at radius 3 is 2.47 bits per heavy atom. The highest BCUT2D eigenvalue weighted by Gasteiger charge is 2.53. The van der Waals surface area contributed by atoms with Crippen molar-refractivity contribution in [2.24, 2.45) is 0 Å². The molecule has 3 aliphatic rings. The number of aliphatic hydroxyl groups excluding tert-OH is 1. The van der Waals surface area contributed by atoms with Crippen LogP contribution in [0.2, 0.25) is 0 Å². The Morgan fingerprint density at radius 2 is 1.69 bits per heavy atom. The van der Waals surface area contributed by atoms with Crippen molar-refractivity contribution in [2.45, 2.75) is 47.4 Å². The summed E-state index contributed by atoms with van der Waals surface area (Å²) in [5.41, 5.74) is 11.3. The van der Waals surface area contributed by atoms with Crippen molar-refractivity contribution in [1.29, 1.82) is 0 Å². The number of aliphatic hydroxyl groups is 1. The van der Waals surface area contributed by atoms with Crippen LogP contribution in [0.5, 0.6) is 0 Å². The third-order valence-electron chi connectivity index (χ3n) is 7.28. The van der Waals surface area contributed by atoms with Crippen LogP contribution in [0.1, 0.15) is 11.6 Å². The molecule has 0 amide bonds. The summed E-state index contributed by atoms with van der Waals surface area (Å²) in [6, 6.07) is 0. The Balaban J connectivity index is 1.21. The maximum absolute atomic E-state index is 16.0. The summed E-state index contributed by atoms with van der Waals surface area (Å²) in [5.74, 6) is -0.137. The van der Waals surface area contributed by atoms with E-state index in [1.165, 1.54) is 28.1 Å². The van der Waals surface area contributed by atoms with Gasteiger partial charge in [-0.05, 0) is 0 Å². The second kappa shape index (κ2) is 11.4. The molecule has 1 unspecified atom stereocenters. The highest BCUT2D eigenvalue weighted by molar-refractivity contribution is 8.44. The van der Waals surface area contributed by atoms with Gasteiger partial charge in [0.05, 0.1) is 37.2 Å². The molecular weight excluding hydrogens is 701 g/mol. The highest BCUT2D eigenvalue weighted by Crippen LogP contribution is 2.62. The average molecular weight is 725 g/mol. The molecule has 4 aromatic heterocycles. The number of alkyl halides is 1. The Bertz CT molecular complexity index is 1950. The van der Waals surface area contributed by atoms with Crippen LogP contribution in [0.15, 0.2) is 23.8 Å². The summed E-state index contributed by atoms with van der Waals surface area (Å²) >= 11 is 9.16. The number of aromatic amines is 1. The number of ether oxygens (including phenoxy) is 1. The van der Waals surface area contributed by atoms with E-state index >= 15 is 4.39 Å². The highest BCUT2D eigenvalue weighted by atomic mass is 32.7. The summed E-state index contributed by atoms with van der Waals surface area (Å²) in [4.78, 5) is 35.0. The number of halogens is 1. The minimum atomic E-state index is -4.35. The quantitative estimate of drug-likeness (QED) is 0.125. The number of H-pyrrole nitrogens is 1. The number of hydrogen-bond acceptors (Lipinski definition) is 17. The molecule has 45 heavy (non-hydrogen) atoms. The van der Waals surface area contributed by atoms with E-state index in [4.69, 9.17) is 34.3 Å². The van der Waals surface area contributed by atoms with Crippen molar-refractivity contribution in [3.8, 4) is 0 Å². The lowest BCUT2D eigenvalue weighted by molar-refractivity contribution is -0.0427. The summed E-state index contributed by atoms with van der Waals surface area (Å²) in [6.45, 7) is -9.76. The van der Waals surface area contributed by atoms with E-state index in [2.05, 4.69) is 54.4 Å². The zero-order chi connectivity index (χ0) is 31.8. The number of nitrogens with one attached hydrogen (secondary N) is 1. The fourth-order valence-electron chi connectivity index (χ4n) is 5.26. The monoisotopic (exact) mass is 724 g/mol. The summed E-state index contributed by atoms with van der Waals surface area (Å²) in [5, 5.41) is 9.38. The van der Waals surface area contributed by atoms with Gasteiger partial charge in [-0.15, -0.1) is 11.8 Å². The molecule has 3 fully saturated rings. The molecular formula is C20H23FN10O9P2S3. The largest absolute Gasteiger partial charge is 0.389 e. The molecule has 0 saturated carbocycles. The standard InChI is InChI=1S/C20H23FN10O9P2S3/c21-8-12-6(38-18(8)30-4-26-9-14(22)24-3-25-15(9)30)1-36-41(34,43)40-13-11(32)7(2-37-42(35,44)39-12)45-19(13)31-5-27-10-16(31)28-20(23)29-17(10)33/h3-8,11-13,18-19,32H,1-2H2,(H,34,43)(H,35,44)(H2,22,24,25)(H3,23,28,29,33)/t6-,7-,8+,11-,12-,13-,18-,19-,41-,42?/m1/s1. The van der Waals surface area contributed by atoms with Crippen LogP contribution in [0, 0.1) is 0 Å². The molecule has 0 spiro atoms. The van der Waals surface area contributed by atoms with Gasteiger partial charge in [-0.25, -0.2) is 33.5 Å². The third kappa shape index (κ3) is 5.67. The molecule has 25 heteroatoms. The van der Waals surface area contributed by atoms with E-state index in [1.54, 1.807) is 0 Å². The number of aromatic nitrogens is 8. The molecule has 19 nitrogen and oxygen atoms in total. The molecule has 7 rings (SSSR count). The van der Waals surface area contributed by atoms with Crippen LogP contribution in [0.4, 0.5) is 16.2 Å². The Hall–Kier alpha value is -2.30. The smallest absolute Gasteiger partial charge is 0.386 e. The van der Waals surface area contributed by atoms with Gasteiger partial charge < -0.3 is 21.3 Å². The SMILES string of the molecule is Nc1nc2c(ncn2[C@@H]2S[C@@H]3COP(=O)(S)O[C@H]4[C@H](F)[C@H](n5cnc6c(N)ncnc65)O[C@@H]4CO[P@@](=O)(S)O[C@@H]2[C@@H]3O)c(=O)[nH]1. The molecule has 0 radical (unpaired) electrons. The first-order valence-electron chi connectivity index (χ1n) is 12.9. The first kappa shape index (κ1) is 31.3. The van der Waals surface area contributed by atoms with E-state index in [1.807, 2.05) is 0 Å². The maximum Gasteiger partial charge on any atom is 0.386 e. The lowest BCUT2D eigenvalue weighted by Crippen LogP contribution is -2.35. The lowest BCUT2D eigenvalue weighted by Gasteiger charge is -2.26. The molecule has 0 aromatic carbocycles. The predicted octanol–water partition coefficient (Wildman–Crippen LogP) is 1.23. The molecule has 242 valence electrons. The number of imidazole rings is 2. The van der Waals surface area contributed by atoms with Crippen molar-refractivity contribution >= 4 is 83.9 Å². The third-order valence-corrected chi connectivity index (χ3v) is 12.0. The Morgan fingerprint density at radius 1 is 1.00 bits per heavy atom. The second-order valence-electron chi connectivity index (χ2n) is 10.1. The van der Waals surface area contributed by atoms with Crippen LogP contribution >= 0.6 is 49.9 Å². The van der Waals surface area contributed by atoms with Gasteiger partial charge in [-0.3, -0.25) is 37.0 Å². The van der Waals surface area contributed by atoms with Gasteiger partial charge in [0.15, 0.2) is 35.0 Å². The van der Waals surface area contributed by atoms with Gasteiger partial charge in [0.2, 0.25) is 5.95 Å². The minimum Gasteiger partial charge on any atom is -0.389 e. The number of nitrogen functional groups attached to an aromatic ring is 2. The van der Waals surface area contributed by atoms with Gasteiger partial charge in [0.25, 0.3) is 5.56 Å². The number of nitrogens with two attached hydrogens (primary N) is 2. The molecule has 0 aliphatic carbocycles. The summed E-state index contributed by atoms with van der Waals surface area (Å²) in [6.07, 6.45) is -5.48. The van der Waals surface area contributed by atoms with Gasteiger partial charge in [-0.1, -0.05) is 24.5 Å². The van der Waals surface area contributed by atoms with Gasteiger partial charge >= 0.3 is 13.6 Å². The van der Waals surface area contributed by atoms with Gasteiger partial charge in [-0.2, -0.15) is 4.98 Å². The van der Waals surface area contributed by atoms with Crippen LogP contribution < -0.4 is 17.0 Å². The van der Waals surface area contributed by atoms with Crippen molar-refractivity contribution < 1.29 is 41.5 Å². The predicted molar refractivity (Wildman–Crippen MR) is 162 cm³/mol. The van der Waals surface area contributed by atoms with Gasteiger partial charge in [0, 0.05) is 0 Å². The van der Waals surface area contributed by atoms with Crippen molar-refractivity contribution in [3.05, 3.63) is 29.3 Å². The molecule has 4 aromatic rings. The zero-order valence-electron chi connectivity index (χ0n) is 22.3. The Labute approximate surface area is 265 Å². The van der Waals surface area contributed by atoms with Crippen LogP contribution in [-0.4, -0.2) is 93.2 Å². The maximum atomic E-state index is 16.0. The number of nitrogens with zero attached hydrogens (tertiary/aromatic N) is 7. The molecule has 6 N–H and O–H groups in total. The van der Waals surface area contributed by atoms with Crippen molar-refractivity contribution in [3.63, 3.8) is 0 Å². The van der Waals surface area contributed by atoms with Crippen LogP contribution in [0.3, 0.4) is 0 Å². The topological polar surface area (TPSA) is 260 Å². The van der Waals surface area contributed by atoms with E-state index in [0.717, 1.165) is 11.8 Å². The van der Waals surface area contributed by atoms with Crippen LogP contribution in [0.25, 0.3) is 22.3 Å². The first-order chi connectivity index (χ1) is 21.3. The number of thioether (sulfide) groups is 1. The first-order valence-corrected chi connectivity index (χ1v) is 19.2. The molecule has 2 bridgehead atoms. The van der Waals surface area contributed by atoms with Crippen LogP contribution in [-0.2, 0) is 32.0 Å². The number of fused-ring (bicyclic) bond motifs is 5. The fourth-order valence-corrected chi connectivity index (χ4v) is 9.89. The van der Waals surface area contributed by atoms with E-state index < -0.39 is 79.8 Å². The van der Waals surface area contributed by atoms with E-state index in [0.29, 0.717) is 0 Å². The molecule has 3 saturated heterocycles. The van der Waals surface area contributed by atoms with Crippen molar-refractivity contribution in [2.75, 3.05) is 24.7 Å². The van der Waals surface area contributed by atoms with E-state index in [-0.39, 0.29) is 34.1 Å². The normalized spacial score (nSPS) is 37.7. The number of rotatable bonds is 2. The van der Waals surface area contributed by atoms with Gasteiger partial charge in [0.1, 0.15) is 35.5 Å². The summed E-state index contributed by atoms with van der Waals surface area (Å²) < 4.78 is 73.8. The fraction of sp³-hybridized carbons (Fsp3) is 0.500. The molecule has 7 heterocycles. The lowest BCUT2D eigenvalue weighted by atomic mass is 10.1. The van der Waals surface area contributed by atoms with E-state index in [9.17, 15) is 19.0 Å². The van der Waals surface area contributed by atoms with Crippen molar-refractivity contribution in [1.82, 2.24) is 39.0 Å². The second-order valence-corrected chi connectivity index (χ2v) is 17.2. The number of hydrogen-bond donors (Lipinski definition) is 6. The molecule has 10 atom stereocenters. The average Bonchev–Trinajstić information content (AvgIpc) is 3.72. The summed E-state index contributed by atoms with van der Waals surface area (Å²) in [7, 11) is 0. The molecule has 3 aliphatic heterocycles. The number of thiol groups is 2.